The van der Waals surface area contributed by atoms with Crippen molar-refractivity contribution in [1.29, 1.82) is 0 Å². The third kappa shape index (κ3) is 4.40. The summed E-state index contributed by atoms with van der Waals surface area (Å²) in [6, 6.07) is 56.6. The summed E-state index contributed by atoms with van der Waals surface area (Å²) in [7, 11) is 0. The molecular formula is C54H34N2O2. The Bertz CT molecular complexity index is 3320. The summed E-state index contributed by atoms with van der Waals surface area (Å²) in [4.78, 5) is 10.4. The molecule has 272 valence electrons. The summed E-state index contributed by atoms with van der Waals surface area (Å²) >= 11 is 0. The number of benzene rings is 7. The van der Waals surface area contributed by atoms with E-state index in [4.69, 9.17) is 18.8 Å². The average molecular weight is 743 g/mol. The van der Waals surface area contributed by atoms with Crippen LogP contribution < -0.4 is 0 Å². The first-order valence-electron chi connectivity index (χ1n) is 19.7. The SMILES string of the molecule is C=Cc1oc2ccc(-c3nc(-c4ccccc4)nc4c3oc3ccc(-c5ccc6c(c5)C5(c7ccccc7-c7ccccc75)c5ccccc5-6)cc34)cc2c1/C=C\C. The molecule has 0 fully saturated rings. The van der Waals surface area contributed by atoms with Gasteiger partial charge in [-0.2, -0.15) is 0 Å². The van der Waals surface area contributed by atoms with Crippen LogP contribution in [-0.4, -0.2) is 9.97 Å². The van der Waals surface area contributed by atoms with Crippen LogP contribution in [0.2, 0.25) is 0 Å². The Morgan fingerprint density at radius 1 is 0.517 bits per heavy atom. The number of furan rings is 2. The van der Waals surface area contributed by atoms with Crippen molar-refractivity contribution in [2.24, 2.45) is 0 Å². The second-order valence-corrected chi connectivity index (χ2v) is 15.2. The standard InChI is InChI=1S/C54H34N2O2/c1-3-14-40-41-30-35(25-28-48(41)57-47(40)4-2)50-52-51(56-53(55-50)32-15-6-5-7-16-32)42-29-33(24-27-49(42)58-52)34-23-26-39-38-19-10-13-22-45(38)54(46(39)31-34)43-20-11-8-17-36(43)37-18-9-12-21-44(37)54/h3-31H,2H2,1H3/b14-3-. The van der Waals surface area contributed by atoms with Gasteiger partial charge in [0.05, 0.1) is 5.41 Å². The van der Waals surface area contributed by atoms with Crippen LogP contribution in [0, 0.1) is 0 Å². The zero-order chi connectivity index (χ0) is 38.5. The van der Waals surface area contributed by atoms with Gasteiger partial charge in [0, 0.05) is 27.5 Å². The minimum atomic E-state index is -0.413. The first kappa shape index (κ1) is 32.7. The third-order valence-corrected chi connectivity index (χ3v) is 12.2. The minimum absolute atomic E-state index is 0.413. The predicted molar refractivity (Wildman–Crippen MR) is 236 cm³/mol. The van der Waals surface area contributed by atoms with E-state index in [-0.39, 0.29) is 0 Å². The van der Waals surface area contributed by atoms with Crippen LogP contribution in [0.5, 0.6) is 0 Å². The van der Waals surface area contributed by atoms with Gasteiger partial charge in [-0.05, 0) is 105 Å². The van der Waals surface area contributed by atoms with Gasteiger partial charge < -0.3 is 8.83 Å². The van der Waals surface area contributed by atoms with Gasteiger partial charge in [-0.25, -0.2) is 9.97 Å². The zero-order valence-corrected chi connectivity index (χ0v) is 31.7. The van der Waals surface area contributed by atoms with Crippen LogP contribution in [0.1, 0.15) is 40.5 Å². The van der Waals surface area contributed by atoms with E-state index in [1.165, 1.54) is 44.5 Å². The zero-order valence-electron chi connectivity index (χ0n) is 31.7. The fourth-order valence-corrected chi connectivity index (χ4v) is 9.78. The van der Waals surface area contributed by atoms with E-state index in [1.807, 2.05) is 43.3 Å². The highest BCUT2D eigenvalue weighted by Crippen LogP contribution is 2.63. The molecule has 3 heterocycles. The second-order valence-electron chi connectivity index (χ2n) is 15.2. The highest BCUT2D eigenvalue weighted by Gasteiger charge is 2.51. The number of fused-ring (bicyclic) bond motifs is 14. The van der Waals surface area contributed by atoms with Crippen molar-refractivity contribution in [3.05, 3.63) is 204 Å². The molecule has 2 aliphatic rings. The second kappa shape index (κ2) is 12.2. The molecule has 0 N–H and O–H groups in total. The first-order chi connectivity index (χ1) is 28.6. The summed E-state index contributed by atoms with van der Waals surface area (Å²) in [6.45, 7) is 5.99. The van der Waals surface area contributed by atoms with Crippen LogP contribution in [0.15, 0.2) is 179 Å². The molecule has 0 unspecified atom stereocenters. The van der Waals surface area contributed by atoms with Crippen molar-refractivity contribution in [3.63, 3.8) is 0 Å². The van der Waals surface area contributed by atoms with Crippen molar-refractivity contribution in [2.45, 2.75) is 12.3 Å². The molecule has 0 aliphatic heterocycles. The largest absolute Gasteiger partial charge is 0.456 e. The number of hydrogen-bond donors (Lipinski definition) is 0. The summed E-state index contributed by atoms with van der Waals surface area (Å²) in [5.41, 5.74) is 18.8. The van der Waals surface area contributed by atoms with Gasteiger partial charge in [-0.15, -0.1) is 0 Å². The van der Waals surface area contributed by atoms with Crippen molar-refractivity contribution in [2.75, 3.05) is 0 Å². The van der Waals surface area contributed by atoms with Crippen molar-refractivity contribution in [1.82, 2.24) is 9.97 Å². The first-order valence-corrected chi connectivity index (χ1v) is 19.7. The summed E-state index contributed by atoms with van der Waals surface area (Å²) in [6.07, 6.45) is 5.83. The van der Waals surface area contributed by atoms with Gasteiger partial charge >= 0.3 is 0 Å². The van der Waals surface area contributed by atoms with Gasteiger partial charge in [0.25, 0.3) is 0 Å². The maximum atomic E-state index is 6.73. The number of rotatable bonds is 5. The number of allylic oxidation sites excluding steroid dienone is 1. The third-order valence-electron chi connectivity index (χ3n) is 12.2. The molecular weight excluding hydrogens is 709 g/mol. The van der Waals surface area contributed by atoms with Crippen molar-refractivity contribution < 1.29 is 8.83 Å². The lowest BCUT2D eigenvalue weighted by Crippen LogP contribution is -2.25. The quantitative estimate of drug-likeness (QED) is 0.176. The molecule has 1 spiro atoms. The Kier molecular flexibility index (Phi) is 6.88. The Balaban J connectivity index is 1.08. The Hall–Kier alpha value is -7.56. The Morgan fingerprint density at radius 2 is 1.09 bits per heavy atom. The average Bonchev–Trinajstić information content (AvgIpc) is 4.01. The van der Waals surface area contributed by atoms with E-state index in [0.29, 0.717) is 11.4 Å². The normalized spacial score (nSPS) is 13.4. The topological polar surface area (TPSA) is 52.1 Å². The van der Waals surface area contributed by atoms with Gasteiger partial charge in [0.2, 0.25) is 0 Å². The van der Waals surface area contributed by atoms with Gasteiger partial charge in [0.15, 0.2) is 11.4 Å². The number of nitrogens with zero attached hydrogens (tertiary/aromatic N) is 2. The van der Waals surface area contributed by atoms with E-state index in [9.17, 15) is 0 Å². The molecule has 12 rings (SSSR count). The number of aromatic nitrogens is 2. The van der Waals surface area contributed by atoms with Gasteiger partial charge in [-0.3, -0.25) is 0 Å². The molecule has 7 aromatic carbocycles. The molecule has 2 aliphatic carbocycles. The van der Waals surface area contributed by atoms with Gasteiger partial charge in [0.1, 0.15) is 28.1 Å². The van der Waals surface area contributed by atoms with Crippen molar-refractivity contribution in [3.8, 4) is 56.0 Å². The van der Waals surface area contributed by atoms with E-state index in [1.54, 1.807) is 6.08 Å². The van der Waals surface area contributed by atoms with Crippen LogP contribution in [0.3, 0.4) is 0 Å². The Labute approximate surface area is 335 Å². The highest BCUT2D eigenvalue weighted by molar-refractivity contribution is 6.09. The lowest BCUT2D eigenvalue weighted by atomic mass is 9.70. The fourth-order valence-electron chi connectivity index (χ4n) is 9.78. The maximum absolute atomic E-state index is 6.73. The van der Waals surface area contributed by atoms with Crippen LogP contribution in [-0.2, 0) is 5.41 Å². The molecule has 0 radical (unpaired) electrons. The smallest absolute Gasteiger partial charge is 0.180 e. The molecule has 58 heavy (non-hydrogen) atoms. The van der Waals surface area contributed by atoms with Gasteiger partial charge in [-0.1, -0.05) is 140 Å². The molecule has 0 bridgehead atoms. The maximum Gasteiger partial charge on any atom is 0.180 e. The summed E-state index contributed by atoms with van der Waals surface area (Å²) < 4.78 is 12.9. The summed E-state index contributed by atoms with van der Waals surface area (Å²) in [5.74, 6) is 1.38. The lowest BCUT2D eigenvalue weighted by Gasteiger charge is -2.30. The minimum Gasteiger partial charge on any atom is -0.456 e. The van der Waals surface area contributed by atoms with E-state index < -0.39 is 5.41 Å². The van der Waals surface area contributed by atoms with E-state index in [0.717, 1.165) is 66.7 Å². The van der Waals surface area contributed by atoms with Crippen LogP contribution in [0.4, 0.5) is 0 Å². The number of hydrogen-bond acceptors (Lipinski definition) is 4. The molecule has 3 aromatic heterocycles. The summed E-state index contributed by atoms with van der Waals surface area (Å²) in [5, 5.41) is 1.93. The highest BCUT2D eigenvalue weighted by atomic mass is 16.3. The molecule has 0 amide bonds. The molecule has 0 atom stereocenters. The van der Waals surface area contributed by atoms with Crippen LogP contribution >= 0.6 is 0 Å². The molecule has 0 saturated heterocycles. The molecule has 4 heteroatoms. The molecule has 0 saturated carbocycles. The van der Waals surface area contributed by atoms with E-state index >= 15 is 0 Å². The van der Waals surface area contributed by atoms with Crippen molar-refractivity contribution >= 4 is 45.2 Å². The molecule has 4 nitrogen and oxygen atoms in total. The lowest BCUT2D eigenvalue weighted by molar-refractivity contribution is 0.603. The fraction of sp³-hybridized carbons (Fsp3) is 0.0370. The molecule has 10 aromatic rings. The monoisotopic (exact) mass is 742 g/mol. The predicted octanol–water partition coefficient (Wildman–Crippen LogP) is 14.1. The van der Waals surface area contributed by atoms with E-state index in [2.05, 4.69) is 140 Å². The van der Waals surface area contributed by atoms with Crippen LogP contribution in [0.25, 0.3) is 101 Å². The Morgan fingerprint density at radius 3 is 1.76 bits per heavy atom.